The fourth-order valence-corrected chi connectivity index (χ4v) is 3.44. The molecule has 0 aliphatic carbocycles. The van der Waals surface area contributed by atoms with Crippen LogP contribution in [-0.2, 0) is 0 Å². The third-order valence-corrected chi connectivity index (χ3v) is 4.86. The van der Waals surface area contributed by atoms with Gasteiger partial charge in [-0.15, -0.1) is 11.3 Å². The molecule has 0 unspecified atom stereocenters. The van der Waals surface area contributed by atoms with Crippen molar-refractivity contribution in [2.75, 3.05) is 24.2 Å². The molecule has 0 atom stereocenters. The van der Waals surface area contributed by atoms with Crippen molar-refractivity contribution in [2.24, 2.45) is 5.41 Å². The quantitative estimate of drug-likeness (QED) is 0.763. The molecule has 2 aromatic heterocycles. The molecular weight excluding hydrogens is 292 g/mol. The highest BCUT2D eigenvalue weighted by atomic mass is 32.1. The highest BCUT2D eigenvalue weighted by molar-refractivity contribution is 7.15. The van der Waals surface area contributed by atoms with Gasteiger partial charge in [-0.1, -0.05) is 13.8 Å². The van der Waals surface area contributed by atoms with E-state index in [4.69, 9.17) is 10.8 Å². The fraction of sp³-hybridized carbons (Fsp3) is 0.538. The summed E-state index contributed by atoms with van der Waals surface area (Å²) in [5, 5.41) is 16.3. The van der Waals surface area contributed by atoms with Crippen LogP contribution >= 0.6 is 22.9 Å². The van der Waals surface area contributed by atoms with Crippen molar-refractivity contribution in [2.45, 2.75) is 27.2 Å². The molecule has 0 aromatic carbocycles. The van der Waals surface area contributed by atoms with Crippen LogP contribution in [0.25, 0.3) is 10.6 Å². The molecule has 0 saturated heterocycles. The Bertz CT molecular complexity index is 577. The first-order valence-electron chi connectivity index (χ1n) is 6.45. The zero-order valence-electron chi connectivity index (χ0n) is 11.9. The maximum absolute atomic E-state index is 9.07. The molecule has 0 amide bonds. The minimum Gasteiger partial charge on any atom is -0.396 e. The van der Waals surface area contributed by atoms with Gasteiger partial charge in [0.2, 0.25) is 0 Å². The number of aliphatic hydroxyl groups excluding tert-OH is 1. The predicted octanol–water partition coefficient (Wildman–Crippen LogP) is 2.98. The molecule has 2 heterocycles. The second-order valence-electron chi connectivity index (χ2n) is 5.56. The zero-order valence-corrected chi connectivity index (χ0v) is 13.6. The van der Waals surface area contributed by atoms with Crippen molar-refractivity contribution < 1.29 is 5.11 Å². The molecule has 110 valence electrons. The van der Waals surface area contributed by atoms with Gasteiger partial charge in [0.25, 0.3) is 0 Å². The lowest BCUT2D eigenvalue weighted by Gasteiger charge is -2.24. The van der Waals surface area contributed by atoms with Crippen molar-refractivity contribution in [3.63, 3.8) is 0 Å². The van der Waals surface area contributed by atoms with Gasteiger partial charge in [0.1, 0.15) is 15.8 Å². The van der Waals surface area contributed by atoms with Crippen LogP contribution in [-0.4, -0.2) is 27.6 Å². The van der Waals surface area contributed by atoms with E-state index in [0.29, 0.717) is 5.82 Å². The minimum atomic E-state index is 0.0174. The van der Waals surface area contributed by atoms with Gasteiger partial charge in [0.05, 0.1) is 5.56 Å². The average Bonchev–Trinajstić information content (AvgIpc) is 2.93. The Labute approximate surface area is 127 Å². The predicted molar refractivity (Wildman–Crippen MR) is 86.3 cm³/mol. The second kappa shape index (κ2) is 6.07. The van der Waals surface area contributed by atoms with Gasteiger partial charge in [0, 0.05) is 24.2 Å². The molecule has 0 fully saturated rings. The summed E-state index contributed by atoms with van der Waals surface area (Å²) < 4.78 is 4.22. The average molecular weight is 312 g/mol. The Hall–Kier alpha value is -1.18. The lowest BCUT2D eigenvalue weighted by molar-refractivity contribution is 0.220. The minimum absolute atomic E-state index is 0.0174. The lowest BCUT2D eigenvalue weighted by Crippen LogP contribution is -2.24. The van der Waals surface area contributed by atoms with Crippen molar-refractivity contribution >= 4 is 33.7 Å². The summed E-state index contributed by atoms with van der Waals surface area (Å²) in [6, 6.07) is 0. The SMILES string of the molecule is Cc1csc(-c2c(N)nsc2NCC(C)(C)CCO)n1. The Morgan fingerprint density at radius 3 is 2.80 bits per heavy atom. The first kappa shape index (κ1) is 15.2. The van der Waals surface area contributed by atoms with Crippen LogP contribution in [0.5, 0.6) is 0 Å². The number of aliphatic hydroxyl groups is 1. The highest BCUT2D eigenvalue weighted by Gasteiger charge is 2.21. The van der Waals surface area contributed by atoms with E-state index in [1.54, 1.807) is 11.3 Å². The molecule has 0 bridgehead atoms. The van der Waals surface area contributed by atoms with Crippen LogP contribution in [0.2, 0.25) is 0 Å². The Morgan fingerprint density at radius 1 is 1.45 bits per heavy atom. The number of nitrogens with two attached hydrogens (primary N) is 1. The molecule has 0 aliphatic rings. The van der Waals surface area contributed by atoms with Crippen LogP contribution in [0.15, 0.2) is 5.38 Å². The van der Waals surface area contributed by atoms with Gasteiger partial charge in [0.15, 0.2) is 0 Å². The lowest BCUT2D eigenvalue weighted by atomic mass is 9.90. The number of aromatic nitrogens is 2. The maximum atomic E-state index is 9.07. The smallest absolute Gasteiger partial charge is 0.149 e. The molecule has 0 radical (unpaired) electrons. The fourth-order valence-electron chi connectivity index (χ4n) is 1.81. The van der Waals surface area contributed by atoms with Gasteiger partial charge in [-0.3, -0.25) is 0 Å². The molecule has 7 heteroatoms. The van der Waals surface area contributed by atoms with Crippen molar-refractivity contribution in [1.29, 1.82) is 0 Å². The van der Waals surface area contributed by atoms with Crippen LogP contribution in [0.3, 0.4) is 0 Å². The molecule has 5 nitrogen and oxygen atoms in total. The summed E-state index contributed by atoms with van der Waals surface area (Å²) in [6.07, 6.45) is 0.750. The van der Waals surface area contributed by atoms with Crippen LogP contribution in [0.4, 0.5) is 10.8 Å². The van der Waals surface area contributed by atoms with E-state index in [9.17, 15) is 0 Å². The molecule has 20 heavy (non-hydrogen) atoms. The summed E-state index contributed by atoms with van der Waals surface area (Å²) >= 11 is 2.93. The molecule has 0 spiro atoms. The number of nitrogens with one attached hydrogen (secondary N) is 1. The number of hydrogen-bond donors (Lipinski definition) is 3. The van der Waals surface area contributed by atoms with Crippen LogP contribution in [0.1, 0.15) is 26.0 Å². The highest BCUT2D eigenvalue weighted by Crippen LogP contribution is 2.38. The van der Waals surface area contributed by atoms with E-state index in [1.165, 1.54) is 11.5 Å². The molecule has 0 saturated carbocycles. The second-order valence-corrected chi connectivity index (χ2v) is 7.19. The number of anilines is 2. The Balaban J connectivity index is 2.18. The topological polar surface area (TPSA) is 84.1 Å². The van der Waals surface area contributed by atoms with Gasteiger partial charge in [-0.2, -0.15) is 4.37 Å². The van der Waals surface area contributed by atoms with Crippen molar-refractivity contribution in [3.8, 4) is 10.6 Å². The van der Waals surface area contributed by atoms with E-state index < -0.39 is 0 Å². The van der Waals surface area contributed by atoms with Gasteiger partial charge in [-0.25, -0.2) is 4.98 Å². The Morgan fingerprint density at radius 2 is 2.20 bits per heavy atom. The maximum Gasteiger partial charge on any atom is 0.149 e. The number of thiazole rings is 1. The van der Waals surface area contributed by atoms with Crippen molar-refractivity contribution in [3.05, 3.63) is 11.1 Å². The summed E-state index contributed by atoms with van der Waals surface area (Å²) in [5.74, 6) is 0.520. The summed E-state index contributed by atoms with van der Waals surface area (Å²) in [7, 11) is 0. The first-order chi connectivity index (χ1) is 9.43. The van der Waals surface area contributed by atoms with Crippen molar-refractivity contribution in [1.82, 2.24) is 9.36 Å². The summed E-state index contributed by atoms with van der Waals surface area (Å²) in [5.41, 5.74) is 7.87. The third-order valence-electron chi connectivity index (χ3n) is 3.07. The van der Waals surface area contributed by atoms with Gasteiger partial charge < -0.3 is 16.2 Å². The monoisotopic (exact) mass is 312 g/mol. The molecule has 0 aliphatic heterocycles. The number of nitrogens with zero attached hydrogens (tertiary/aromatic N) is 2. The molecular formula is C13H20N4OS2. The summed E-state index contributed by atoms with van der Waals surface area (Å²) in [4.78, 5) is 4.48. The van der Waals surface area contributed by atoms with E-state index in [-0.39, 0.29) is 12.0 Å². The number of hydrogen-bond acceptors (Lipinski definition) is 7. The normalized spacial score (nSPS) is 11.8. The Kier molecular flexibility index (Phi) is 4.62. The van der Waals surface area contributed by atoms with Gasteiger partial charge >= 0.3 is 0 Å². The van der Waals surface area contributed by atoms with E-state index >= 15 is 0 Å². The number of nitrogen functional groups attached to an aromatic ring is 1. The van der Waals surface area contributed by atoms with Crippen LogP contribution < -0.4 is 11.1 Å². The van der Waals surface area contributed by atoms with E-state index in [1.807, 2.05) is 12.3 Å². The van der Waals surface area contributed by atoms with Crippen LogP contribution in [0, 0.1) is 12.3 Å². The van der Waals surface area contributed by atoms with Gasteiger partial charge in [-0.05, 0) is 30.3 Å². The largest absolute Gasteiger partial charge is 0.396 e. The third kappa shape index (κ3) is 3.47. The molecule has 2 aromatic rings. The van der Waals surface area contributed by atoms with E-state index in [2.05, 4.69) is 28.5 Å². The molecule has 4 N–H and O–H groups in total. The summed E-state index contributed by atoms with van der Waals surface area (Å²) in [6.45, 7) is 7.15. The zero-order chi connectivity index (χ0) is 14.8. The number of aryl methyl sites for hydroxylation is 1. The standard InChI is InChI=1S/C13H20N4OS2/c1-8-6-19-12(16-8)9-10(14)17-20-11(9)15-7-13(2,3)4-5-18/h6,15,18H,4-5,7H2,1-3H3,(H2,14,17). The molecule has 2 rings (SSSR count). The first-order valence-corrected chi connectivity index (χ1v) is 8.10. The van der Waals surface area contributed by atoms with E-state index in [0.717, 1.165) is 34.2 Å². The number of rotatable bonds is 6.